The van der Waals surface area contributed by atoms with Gasteiger partial charge in [-0.15, -0.1) is 0 Å². The zero-order valence-corrected chi connectivity index (χ0v) is 14.7. The Morgan fingerprint density at radius 3 is 2.68 bits per heavy atom. The Morgan fingerprint density at radius 2 is 2.04 bits per heavy atom. The van der Waals surface area contributed by atoms with E-state index in [9.17, 15) is 9.59 Å². The molecular formula is C19H25NO5. The Kier molecular flexibility index (Phi) is 7.63. The smallest absolute Gasteiger partial charge is 0.414 e. The first-order valence-corrected chi connectivity index (χ1v) is 8.33. The van der Waals surface area contributed by atoms with Crippen molar-refractivity contribution in [2.75, 3.05) is 32.5 Å². The van der Waals surface area contributed by atoms with Gasteiger partial charge in [-0.1, -0.05) is 30.4 Å². The molecule has 6 nitrogen and oxygen atoms in total. The predicted octanol–water partition coefficient (Wildman–Crippen LogP) is 3.03. The Hall–Kier alpha value is -2.18. The number of amides is 1. The lowest BCUT2D eigenvalue weighted by Gasteiger charge is -2.38. The number of nitrogens with zero attached hydrogens (tertiary/aromatic N) is 1. The second-order valence-electron chi connectivity index (χ2n) is 5.91. The van der Waals surface area contributed by atoms with Gasteiger partial charge < -0.3 is 19.0 Å². The number of allylic oxidation sites excluding steroid dienone is 1. The second kappa shape index (κ2) is 9.96. The Morgan fingerprint density at radius 1 is 1.28 bits per heavy atom. The maximum Gasteiger partial charge on any atom is 0.414 e. The Labute approximate surface area is 148 Å². The van der Waals surface area contributed by atoms with Gasteiger partial charge in [-0.2, -0.15) is 0 Å². The minimum absolute atomic E-state index is 0.0974. The van der Waals surface area contributed by atoms with E-state index in [2.05, 4.69) is 0 Å². The average Bonchev–Trinajstić information content (AvgIpc) is 2.66. The van der Waals surface area contributed by atoms with Crippen molar-refractivity contribution in [2.24, 2.45) is 11.8 Å². The molecule has 1 aliphatic rings. The maximum atomic E-state index is 12.4. The number of ether oxygens (including phenoxy) is 3. The minimum atomic E-state index is -0.482. The number of anilines is 1. The molecule has 0 N–H and O–H groups in total. The molecule has 3 unspecified atom stereocenters. The number of aldehydes is 1. The SMILES string of the molecule is COCOCCC1CC=CC(N(C(=O)OC)c2ccccc2)C1C=O. The summed E-state index contributed by atoms with van der Waals surface area (Å²) in [7, 11) is 2.92. The van der Waals surface area contributed by atoms with Crippen molar-refractivity contribution in [1.29, 1.82) is 0 Å². The van der Waals surface area contributed by atoms with Gasteiger partial charge in [0.2, 0.25) is 0 Å². The lowest BCUT2D eigenvalue weighted by molar-refractivity contribution is -0.113. The molecular weight excluding hydrogens is 322 g/mol. The first kappa shape index (κ1) is 19.1. The molecule has 25 heavy (non-hydrogen) atoms. The number of benzene rings is 1. The van der Waals surface area contributed by atoms with Crippen LogP contribution in [0.3, 0.4) is 0 Å². The summed E-state index contributed by atoms with van der Waals surface area (Å²) in [6.07, 6.45) is 5.88. The quantitative estimate of drug-likeness (QED) is 0.313. The molecule has 136 valence electrons. The third-order valence-corrected chi connectivity index (χ3v) is 4.41. The van der Waals surface area contributed by atoms with Crippen LogP contribution in [0.5, 0.6) is 0 Å². The summed E-state index contributed by atoms with van der Waals surface area (Å²) in [6.45, 7) is 0.739. The fraction of sp³-hybridized carbons (Fsp3) is 0.474. The predicted molar refractivity (Wildman–Crippen MR) is 94.4 cm³/mol. The van der Waals surface area contributed by atoms with Crippen molar-refractivity contribution in [3.8, 4) is 0 Å². The number of methoxy groups -OCH3 is 2. The van der Waals surface area contributed by atoms with Gasteiger partial charge >= 0.3 is 6.09 Å². The van der Waals surface area contributed by atoms with E-state index in [4.69, 9.17) is 14.2 Å². The van der Waals surface area contributed by atoms with E-state index in [0.29, 0.717) is 12.3 Å². The highest BCUT2D eigenvalue weighted by atomic mass is 16.7. The molecule has 2 rings (SSSR count). The second-order valence-corrected chi connectivity index (χ2v) is 5.91. The molecule has 0 saturated carbocycles. The van der Waals surface area contributed by atoms with Crippen LogP contribution < -0.4 is 4.90 Å². The van der Waals surface area contributed by atoms with Crippen LogP contribution in [0, 0.1) is 11.8 Å². The van der Waals surface area contributed by atoms with Crippen molar-refractivity contribution in [1.82, 2.24) is 0 Å². The summed E-state index contributed by atoms with van der Waals surface area (Å²) in [5.74, 6) is -0.226. The van der Waals surface area contributed by atoms with E-state index in [1.165, 1.54) is 12.0 Å². The van der Waals surface area contributed by atoms with Crippen molar-refractivity contribution in [3.63, 3.8) is 0 Å². The van der Waals surface area contributed by atoms with E-state index in [-0.39, 0.29) is 24.7 Å². The minimum Gasteiger partial charge on any atom is -0.452 e. The molecule has 1 amide bonds. The molecule has 3 atom stereocenters. The molecule has 1 aromatic rings. The van der Waals surface area contributed by atoms with Crippen LogP contribution in [0.4, 0.5) is 10.5 Å². The third kappa shape index (κ3) is 4.90. The fourth-order valence-corrected chi connectivity index (χ4v) is 3.18. The van der Waals surface area contributed by atoms with Gasteiger partial charge in [0.1, 0.15) is 13.1 Å². The lowest BCUT2D eigenvalue weighted by Crippen LogP contribution is -2.48. The van der Waals surface area contributed by atoms with Crippen LogP contribution in [0.2, 0.25) is 0 Å². The highest BCUT2D eigenvalue weighted by Gasteiger charge is 2.37. The third-order valence-electron chi connectivity index (χ3n) is 4.41. The maximum absolute atomic E-state index is 12.4. The van der Waals surface area contributed by atoms with Crippen LogP contribution in [0.25, 0.3) is 0 Å². The average molecular weight is 347 g/mol. The van der Waals surface area contributed by atoms with Gasteiger partial charge in [0.05, 0.1) is 13.2 Å². The first-order valence-electron chi connectivity index (χ1n) is 8.33. The summed E-state index contributed by atoms with van der Waals surface area (Å²) < 4.78 is 15.2. The number of hydrogen-bond acceptors (Lipinski definition) is 5. The molecule has 0 aliphatic heterocycles. The fourth-order valence-electron chi connectivity index (χ4n) is 3.18. The van der Waals surface area contributed by atoms with E-state index >= 15 is 0 Å². The number of para-hydroxylation sites is 1. The molecule has 1 aromatic carbocycles. The number of rotatable bonds is 8. The molecule has 0 heterocycles. The molecule has 0 fully saturated rings. The van der Waals surface area contributed by atoms with Gasteiger partial charge in [-0.25, -0.2) is 4.79 Å². The summed E-state index contributed by atoms with van der Waals surface area (Å²) in [5, 5.41) is 0. The van der Waals surface area contributed by atoms with E-state index in [1.54, 1.807) is 7.11 Å². The van der Waals surface area contributed by atoms with Crippen molar-refractivity contribution in [2.45, 2.75) is 18.9 Å². The summed E-state index contributed by atoms with van der Waals surface area (Å²) in [6, 6.07) is 8.86. The van der Waals surface area contributed by atoms with Gasteiger partial charge in [0, 0.05) is 25.3 Å². The molecule has 0 radical (unpaired) electrons. The molecule has 0 bridgehead atoms. The van der Waals surface area contributed by atoms with Crippen molar-refractivity contribution < 1.29 is 23.8 Å². The standard InChI is InChI=1S/C19H25NO5/c1-23-14-25-12-11-15-7-6-10-18(17(15)13-21)20(19(22)24-2)16-8-4-3-5-9-16/h3-6,8-10,13,15,17-18H,7,11-12,14H2,1-2H3. The summed E-state index contributed by atoms with van der Waals surface area (Å²) >= 11 is 0. The van der Waals surface area contributed by atoms with Crippen LogP contribution in [-0.2, 0) is 19.0 Å². The molecule has 1 aliphatic carbocycles. The monoisotopic (exact) mass is 347 g/mol. The lowest BCUT2D eigenvalue weighted by atomic mass is 9.78. The van der Waals surface area contributed by atoms with Crippen LogP contribution >= 0.6 is 0 Å². The van der Waals surface area contributed by atoms with Crippen molar-refractivity contribution in [3.05, 3.63) is 42.5 Å². The largest absolute Gasteiger partial charge is 0.452 e. The highest BCUT2D eigenvalue weighted by molar-refractivity contribution is 5.89. The summed E-state index contributed by atoms with van der Waals surface area (Å²) in [5.41, 5.74) is 0.701. The molecule has 0 spiro atoms. The van der Waals surface area contributed by atoms with E-state index in [1.807, 2.05) is 42.5 Å². The van der Waals surface area contributed by atoms with Gasteiger partial charge in [-0.3, -0.25) is 4.90 Å². The zero-order valence-electron chi connectivity index (χ0n) is 14.7. The van der Waals surface area contributed by atoms with Crippen molar-refractivity contribution >= 4 is 18.1 Å². The summed E-state index contributed by atoms with van der Waals surface area (Å²) in [4.78, 5) is 25.8. The molecule has 0 saturated heterocycles. The topological polar surface area (TPSA) is 65.1 Å². The highest BCUT2D eigenvalue weighted by Crippen LogP contribution is 2.33. The first-order chi connectivity index (χ1) is 12.2. The molecule has 0 aromatic heterocycles. The number of carbonyl (C=O) groups excluding carboxylic acids is 2. The van der Waals surface area contributed by atoms with E-state index < -0.39 is 6.09 Å². The Bertz CT molecular complexity index is 574. The van der Waals surface area contributed by atoms with Crippen LogP contribution in [0.1, 0.15) is 12.8 Å². The van der Waals surface area contributed by atoms with E-state index in [0.717, 1.165) is 19.1 Å². The Balaban J connectivity index is 2.20. The van der Waals surface area contributed by atoms with Gasteiger partial charge in [0.15, 0.2) is 0 Å². The molecule has 6 heteroatoms. The number of hydrogen-bond donors (Lipinski definition) is 0. The number of carbonyl (C=O) groups is 2. The van der Waals surface area contributed by atoms with Gasteiger partial charge in [-0.05, 0) is 30.9 Å². The van der Waals surface area contributed by atoms with Crippen LogP contribution in [-0.4, -0.2) is 46.0 Å². The van der Waals surface area contributed by atoms with Crippen LogP contribution in [0.15, 0.2) is 42.5 Å². The normalized spacial score (nSPS) is 22.4. The van der Waals surface area contributed by atoms with Gasteiger partial charge in [0.25, 0.3) is 0 Å². The zero-order chi connectivity index (χ0) is 18.1.